The van der Waals surface area contributed by atoms with Crippen molar-refractivity contribution in [2.24, 2.45) is 5.41 Å². The van der Waals surface area contributed by atoms with Crippen molar-refractivity contribution in [3.63, 3.8) is 0 Å². The molecule has 5 heteroatoms. The minimum Gasteiger partial charge on any atom is -0.433 e. The highest BCUT2D eigenvalue weighted by molar-refractivity contribution is 5.60. The summed E-state index contributed by atoms with van der Waals surface area (Å²) in [6.45, 7) is 2.02. The van der Waals surface area contributed by atoms with Gasteiger partial charge in [-0.15, -0.1) is 0 Å². The van der Waals surface area contributed by atoms with E-state index in [1.165, 1.54) is 0 Å². The molecule has 5 nitrogen and oxygen atoms in total. The Morgan fingerprint density at radius 3 is 2.17 bits per heavy atom. The highest BCUT2D eigenvalue weighted by Crippen LogP contribution is 2.26. The third-order valence-corrected chi connectivity index (χ3v) is 1.98. The molecule has 2 aliphatic rings. The summed E-state index contributed by atoms with van der Waals surface area (Å²) in [7, 11) is 0. The van der Waals surface area contributed by atoms with Crippen LogP contribution in [0.25, 0.3) is 0 Å². The first-order chi connectivity index (χ1) is 5.81. The summed E-state index contributed by atoms with van der Waals surface area (Å²) in [6.07, 6.45) is -0.605. The number of hydrogen-bond donors (Lipinski definition) is 0. The molecule has 2 heterocycles. The summed E-state index contributed by atoms with van der Waals surface area (Å²) in [6, 6.07) is 0. The summed E-state index contributed by atoms with van der Waals surface area (Å²) in [5.74, 6) is 0. The zero-order valence-corrected chi connectivity index (χ0v) is 6.58. The molecule has 2 rings (SSSR count). The molecule has 0 N–H and O–H groups in total. The lowest BCUT2D eigenvalue weighted by Gasteiger charge is -2.37. The SMILES string of the molecule is O=C1OCC2(COCOC2)CO1. The molecule has 2 saturated heterocycles. The van der Waals surface area contributed by atoms with Gasteiger partial charge >= 0.3 is 6.16 Å². The first kappa shape index (κ1) is 7.82. The topological polar surface area (TPSA) is 54.0 Å². The van der Waals surface area contributed by atoms with E-state index in [1.807, 2.05) is 0 Å². The Balaban J connectivity index is 1.96. The van der Waals surface area contributed by atoms with Crippen molar-refractivity contribution in [3.8, 4) is 0 Å². The maximum Gasteiger partial charge on any atom is 0.508 e. The fourth-order valence-electron chi connectivity index (χ4n) is 1.29. The normalized spacial score (nSPS) is 27.8. The third kappa shape index (κ3) is 1.37. The molecule has 0 radical (unpaired) electrons. The average Bonchev–Trinajstić information content (AvgIpc) is 2.13. The molecule has 0 aromatic heterocycles. The quantitative estimate of drug-likeness (QED) is 0.489. The van der Waals surface area contributed by atoms with E-state index in [4.69, 9.17) is 18.9 Å². The highest BCUT2D eigenvalue weighted by Gasteiger charge is 2.40. The Kier molecular flexibility index (Phi) is 1.90. The fourth-order valence-corrected chi connectivity index (χ4v) is 1.29. The zero-order chi connectivity index (χ0) is 8.44. The van der Waals surface area contributed by atoms with Gasteiger partial charge in [0.2, 0.25) is 0 Å². The number of cyclic esters (lactones) is 2. The van der Waals surface area contributed by atoms with Crippen LogP contribution in [-0.4, -0.2) is 39.4 Å². The van der Waals surface area contributed by atoms with E-state index in [-0.39, 0.29) is 5.41 Å². The van der Waals surface area contributed by atoms with Gasteiger partial charge in [0, 0.05) is 0 Å². The Bertz CT molecular complexity index is 172. The first-order valence-corrected chi connectivity index (χ1v) is 3.76. The van der Waals surface area contributed by atoms with Crippen LogP contribution in [0.15, 0.2) is 0 Å². The second-order valence-electron chi connectivity index (χ2n) is 3.14. The van der Waals surface area contributed by atoms with E-state index >= 15 is 0 Å². The lowest BCUT2D eigenvalue weighted by Crippen LogP contribution is -2.48. The highest BCUT2D eigenvalue weighted by atomic mass is 16.7. The molecule has 0 aromatic carbocycles. The van der Waals surface area contributed by atoms with E-state index in [1.54, 1.807) is 0 Å². The Hall–Kier alpha value is -0.810. The van der Waals surface area contributed by atoms with Gasteiger partial charge in [0.05, 0.1) is 18.6 Å². The van der Waals surface area contributed by atoms with E-state index in [9.17, 15) is 4.79 Å². The van der Waals surface area contributed by atoms with Gasteiger partial charge in [-0.2, -0.15) is 0 Å². The Labute approximate surface area is 69.5 Å². The van der Waals surface area contributed by atoms with Gasteiger partial charge in [0.1, 0.15) is 20.0 Å². The van der Waals surface area contributed by atoms with Gasteiger partial charge in [-0.25, -0.2) is 4.79 Å². The van der Waals surface area contributed by atoms with Crippen LogP contribution in [0.3, 0.4) is 0 Å². The first-order valence-electron chi connectivity index (χ1n) is 3.76. The van der Waals surface area contributed by atoms with Crippen LogP contribution in [-0.2, 0) is 18.9 Å². The van der Waals surface area contributed by atoms with Gasteiger partial charge in [0.25, 0.3) is 0 Å². The molecule has 2 fully saturated rings. The molecule has 1 spiro atoms. The van der Waals surface area contributed by atoms with Crippen molar-refractivity contribution in [1.29, 1.82) is 0 Å². The largest absolute Gasteiger partial charge is 0.508 e. The van der Waals surface area contributed by atoms with Gasteiger partial charge in [0.15, 0.2) is 0 Å². The summed E-state index contributed by atoms with van der Waals surface area (Å²) < 4.78 is 19.7. The standard InChI is InChI=1S/C7H10O5/c8-6-11-3-7(4-12-6)1-9-5-10-2-7/h1-5H2. The second kappa shape index (κ2) is 2.91. The molecule has 0 bridgehead atoms. The predicted octanol–water partition coefficient (Wildman–Crippen LogP) is 0.144. The molecule has 0 atom stereocenters. The van der Waals surface area contributed by atoms with Crippen molar-refractivity contribution in [1.82, 2.24) is 0 Å². The van der Waals surface area contributed by atoms with E-state index in [0.29, 0.717) is 33.2 Å². The van der Waals surface area contributed by atoms with Gasteiger partial charge in [-0.3, -0.25) is 0 Å². The number of ether oxygens (including phenoxy) is 4. The maximum absolute atomic E-state index is 10.6. The number of carbonyl (C=O) groups is 1. The Morgan fingerprint density at radius 1 is 1.00 bits per heavy atom. The molecule has 0 aliphatic carbocycles. The van der Waals surface area contributed by atoms with Crippen LogP contribution in [0.4, 0.5) is 4.79 Å². The lowest BCUT2D eigenvalue weighted by molar-refractivity contribution is -0.204. The third-order valence-electron chi connectivity index (χ3n) is 1.98. The number of carbonyl (C=O) groups excluding carboxylic acids is 1. The molecule has 0 unspecified atom stereocenters. The van der Waals surface area contributed by atoms with Gasteiger partial charge in [-0.05, 0) is 0 Å². The monoisotopic (exact) mass is 174 g/mol. The second-order valence-corrected chi connectivity index (χ2v) is 3.14. The minimum absolute atomic E-state index is 0.272. The van der Waals surface area contributed by atoms with E-state index in [0.717, 1.165) is 0 Å². The molecular weight excluding hydrogens is 164 g/mol. The summed E-state index contributed by atoms with van der Waals surface area (Å²) in [4.78, 5) is 10.6. The van der Waals surface area contributed by atoms with E-state index in [2.05, 4.69) is 0 Å². The summed E-state index contributed by atoms with van der Waals surface area (Å²) in [5.41, 5.74) is -0.272. The molecule has 0 amide bonds. The van der Waals surface area contributed by atoms with Crippen molar-refractivity contribution in [2.45, 2.75) is 0 Å². The molecule has 2 aliphatic heterocycles. The molecule has 0 saturated carbocycles. The molecule has 12 heavy (non-hydrogen) atoms. The van der Waals surface area contributed by atoms with Gasteiger partial charge in [-0.1, -0.05) is 0 Å². The molecule has 68 valence electrons. The average molecular weight is 174 g/mol. The molecule has 0 aromatic rings. The summed E-state index contributed by atoms with van der Waals surface area (Å²) in [5, 5.41) is 0. The van der Waals surface area contributed by atoms with Crippen LogP contribution in [0, 0.1) is 5.41 Å². The lowest BCUT2D eigenvalue weighted by atomic mass is 9.91. The Morgan fingerprint density at radius 2 is 1.58 bits per heavy atom. The van der Waals surface area contributed by atoms with Crippen molar-refractivity contribution in [3.05, 3.63) is 0 Å². The van der Waals surface area contributed by atoms with Crippen molar-refractivity contribution < 1.29 is 23.7 Å². The molecular formula is C7H10O5. The van der Waals surface area contributed by atoms with Crippen molar-refractivity contribution >= 4 is 6.16 Å². The number of hydrogen-bond acceptors (Lipinski definition) is 5. The van der Waals surface area contributed by atoms with E-state index < -0.39 is 6.16 Å². The summed E-state index contributed by atoms with van der Waals surface area (Å²) >= 11 is 0. The van der Waals surface area contributed by atoms with Crippen LogP contribution in [0.1, 0.15) is 0 Å². The predicted molar refractivity (Wildman–Crippen MR) is 36.5 cm³/mol. The van der Waals surface area contributed by atoms with Crippen LogP contribution >= 0.6 is 0 Å². The van der Waals surface area contributed by atoms with Crippen LogP contribution < -0.4 is 0 Å². The van der Waals surface area contributed by atoms with Crippen molar-refractivity contribution in [2.75, 3.05) is 33.2 Å². The van der Waals surface area contributed by atoms with Crippen LogP contribution in [0.5, 0.6) is 0 Å². The van der Waals surface area contributed by atoms with Gasteiger partial charge < -0.3 is 18.9 Å². The zero-order valence-electron chi connectivity index (χ0n) is 6.58. The smallest absolute Gasteiger partial charge is 0.433 e. The minimum atomic E-state index is -0.605. The number of rotatable bonds is 0. The fraction of sp³-hybridized carbons (Fsp3) is 0.857. The van der Waals surface area contributed by atoms with Crippen LogP contribution in [0.2, 0.25) is 0 Å². The maximum atomic E-state index is 10.6.